The standard InChI is InChI=1S/C17H18ClNO2/c1-19-10-9-12-5-3-4-6-14(12)17(20)15-11-13(18)7-8-16(15)21-2/h3-8,11,19H,9-10H2,1-2H3. The molecule has 0 bridgehead atoms. The van der Waals surface area contributed by atoms with E-state index in [1.165, 1.54) is 0 Å². The van der Waals surface area contributed by atoms with Crippen molar-refractivity contribution < 1.29 is 9.53 Å². The third-order valence-corrected chi connectivity index (χ3v) is 3.55. The molecule has 2 aromatic rings. The van der Waals surface area contributed by atoms with Gasteiger partial charge in [0.1, 0.15) is 5.75 Å². The fraction of sp³-hybridized carbons (Fsp3) is 0.235. The Morgan fingerprint density at radius 3 is 2.67 bits per heavy atom. The van der Waals surface area contributed by atoms with Crippen molar-refractivity contribution in [2.24, 2.45) is 0 Å². The molecule has 0 heterocycles. The number of rotatable bonds is 6. The number of ether oxygens (including phenoxy) is 1. The molecule has 2 rings (SSSR count). The molecule has 0 spiro atoms. The summed E-state index contributed by atoms with van der Waals surface area (Å²) in [4.78, 5) is 12.8. The summed E-state index contributed by atoms with van der Waals surface area (Å²) in [6.07, 6.45) is 0.793. The number of methoxy groups -OCH3 is 1. The SMILES string of the molecule is CNCCc1ccccc1C(=O)c1cc(Cl)ccc1OC. The molecule has 0 amide bonds. The van der Waals surface area contributed by atoms with E-state index in [0.717, 1.165) is 18.5 Å². The highest BCUT2D eigenvalue weighted by Crippen LogP contribution is 2.26. The number of nitrogens with one attached hydrogen (secondary N) is 1. The molecule has 3 nitrogen and oxygen atoms in total. The minimum Gasteiger partial charge on any atom is -0.496 e. The number of carbonyl (C=O) groups excluding carboxylic acids is 1. The molecule has 0 radical (unpaired) electrons. The third kappa shape index (κ3) is 3.63. The molecule has 2 aromatic carbocycles. The van der Waals surface area contributed by atoms with Crippen molar-refractivity contribution in [3.8, 4) is 5.75 Å². The van der Waals surface area contributed by atoms with E-state index >= 15 is 0 Å². The molecule has 0 aromatic heterocycles. The van der Waals surface area contributed by atoms with Gasteiger partial charge in [0.25, 0.3) is 0 Å². The van der Waals surface area contributed by atoms with E-state index in [1.54, 1.807) is 25.3 Å². The van der Waals surface area contributed by atoms with Crippen LogP contribution in [-0.2, 0) is 6.42 Å². The Kier molecular flexibility index (Phi) is 5.37. The first-order valence-corrected chi connectivity index (χ1v) is 7.16. The summed E-state index contributed by atoms with van der Waals surface area (Å²) >= 11 is 6.01. The molecule has 1 N–H and O–H groups in total. The van der Waals surface area contributed by atoms with Crippen LogP contribution >= 0.6 is 11.6 Å². The van der Waals surface area contributed by atoms with Crippen LogP contribution in [0.2, 0.25) is 5.02 Å². The van der Waals surface area contributed by atoms with Crippen LogP contribution in [0.15, 0.2) is 42.5 Å². The van der Waals surface area contributed by atoms with Gasteiger partial charge in [0.05, 0.1) is 12.7 Å². The van der Waals surface area contributed by atoms with E-state index in [9.17, 15) is 4.79 Å². The molecule has 21 heavy (non-hydrogen) atoms. The topological polar surface area (TPSA) is 38.3 Å². The maximum absolute atomic E-state index is 12.8. The van der Waals surface area contributed by atoms with Crippen LogP contribution in [0, 0.1) is 0 Å². The van der Waals surface area contributed by atoms with E-state index in [4.69, 9.17) is 16.3 Å². The van der Waals surface area contributed by atoms with Gasteiger partial charge in [0, 0.05) is 10.6 Å². The number of ketones is 1. The zero-order chi connectivity index (χ0) is 15.2. The molecule has 0 atom stereocenters. The Balaban J connectivity index is 2.43. The second kappa shape index (κ2) is 7.25. The number of hydrogen-bond acceptors (Lipinski definition) is 3. The summed E-state index contributed by atoms with van der Waals surface area (Å²) < 4.78 is 5.27. The zero-order valence-corrected chi connectivity index (χ0v) is 12.9. The molecule has 0 unspecified atom stereocenters. The fourth-order valence-electron chi connectivity index (χ4n) is 2.22. The van der Waals surface area contributed by atoms with Gasteiger partial charge in [-0.1, -0.05) is 35.9 Å². The zero-order valence-electron chi connectivity index (χ0n) is 12.2. The summed E-state index contributed by atoms with van der Waals surface area (Å²) in [7, 11) is 3.44. The van der Waals surface area contributed by atoms with Crippen molar-refractivity contribution >= 4 is 17.4 Å². The summed E-state index contributed by atoms with van der Waals surface area (Å²) in [5.74, 6) is 0.467. The highest BCUT2D eigenvalue weighted by atomic mass is 35.5. The number of halogens is 1. The lowest BCUT2D eigenvalue weighted by Crippen LogP contribution is -2.14. The smallest absolute Gasteiger partial charge is 0.197 e. The Morgan fingerprint density at radius 1 is 1.19 bits per heavy atom. The van der Waals surface area contributed by atoms with Gasteiger partial charge >= 0.3 is 0 Å². The first-order chi connectivity index (χ1) is 10.2. The minimum absolute atomic E-state index is 0.0685. The van der Waals surface area contributed by atoms with Crippen molar-refractivity contribution in [3.63, 3.8) is 0 Å². The van der Waals surface area contributed by atoms with Crippen molar-refractivity contribution in [2.75, 3.05) is 20.7 Å². The van der Waals surface area contributed by atoms with E-state index < -0.39 is 0 Å². The predicted octanol–water partition coefficient (Wildman–Crippen LogP) is 3.34. The van der Waals surface area contributed by atoms with Crippen molar-refractivity contribution in [1.29, 1.82) is 0 Å². The van der Waals surface area contributed by atoms with Crippen LogP contribution < -0.4 is 10.1 Å². The van der Waals surface area contributed by atoms with E-state index in [2.05, 4.69) is 5.32 Å². The van der Waals surface area contributed by atoms with Crippen LogP contribution in [0.4, 0.5) is 0 Å². The predicted molar refractivity (Wildman–Crippen MR) is 85.5 cm³/mol. The Hall–Kier alpha value is -1.84. The van der Waals surface area contributed by atoms with Gasteiger partial charge in [-0.25, -0.2) is 0 Å². The summed E-state index contributed by atoms with van der Waals surface area (Å²) in [5, 5.41) is 3.62. The largest absolute Gasteiger partial charge is 0.496 e. The second-order valence-corrected chi connectivity index (χ2v) is 5.12. The summed E-state index contributed by atoms with van der Waals surface area (Å²) in [5.41, 5.74) is 2.19. The summed E-state index contributed by atoms with van der Waals surface area (Å²) in [6, 6.07) is 12.7. The average molecular weight is 304 g/mol. The lowest BCUT2D eigenvalue weighted by Gasteiger charge is -2.11. The van der Waals surface area contributed by atoms with E-state index in [0.29, 0.717) is 21.9 Å². The molecule has 0 aliphatic rings. The van der Waals surface area contributed by atoms with Gasteiger partial charge in [-0.2, -0.15) is 0 Å². The Labute approximate surface area is 129 Å². The van der Waals surface area contributed by atoms with Crippen LogP contribution in [0.3, 0.4) is 0 Å². The maximum Gasteiger partial charge on any atom is 0.197 e. The molecule has 0 fully saturated rings. The quantitative estimate of drug-likeness (QED) is 0.832. The van der Waals surface area contributed by atoms with Gasteiger partial charge in [-0.05, 0) is 43.8 Å². The molecule has 110 valence electrons. The van der Waals surface area contributed by atoms with Crippen LogP contribution in [0.1, 0.15) is 21.5 Å². The fourth-order valence-corrected chi connectivity index (χ4v) is 2.39. The molecule has 0 saturated heterocycles. The number of carbonyl (C=O) groups is 1. The molecule has 0 aliphatic heterocycles. The minimum atomic E-state index is -0.0685. The van der Waals surface area contributed by atoms with E-state index in [1.807, 2.05) is 31.3 Å². The average Bonchev–Trinajstić information content (AvgIpc) is 2.52. The van der Waals surface area contributed by atoms with Gasteiger partial charge in [0.15, 0.2) is 5.78 Å². The van der Waals surface area contributed by atoms with Gasteiger partial charge in [-0.15, -0.1) is 0 Å². The molecule has 0 saturated carbocycles. The number of likely N-dealkylation sites (N-methyl/N-ethyl adjacent to an activating group) is 1. The van der Waals surface area contributed by atoms with Crippen molar-refractivity contribution in [3.05, 3.63) is 64.2 Å². The van der Waals surface area contributed by atoms with Crippen LogP contribution in [0.25, 0.3) is 0 Å². The van der Waals surface area contributed by atoms with Gasteiger partial charge in [-0.3, -0.25) is 4.79 Å². The number of benzene rings is 2. The lowest BCUT2D eigenvalue weighted by molar-refractivity contribution is 0.103. The molecular weight excluding hydrogens is 286 g/mol. The Morgan fingerprint density at radius 2 is 1.95 bits per heavy atom. The van der Waals surface area contributed by atoms with Crippen LogP contribution in [0.5, 0.6) is 5.75 Å². The normalized spacial score (nSPS) is 10.4. The molecule has 4 heteroatoms. The van der Waals surface area contributed by atoms with Crippen molar-refractivity contribution in [2.45, 2.75) is 6.42 Å². The van der Waals surface area contributed by atoms with Gasteiger partial charge in [0.2, 0.25) is 0 Å². The third-order valence-electron chi connectivity index (χ3n) is 3.31. The maximum atomic E-state index is 12.8. The van der Waals surface area contributed by atoms with E-state index in [-0.39, 0.29) is 5.78 Å². The number of hydrogen-bond donors (Lipinski definition) is 1. The molecule has 0 aliphatic carbocycles. The summed E-state index contributed by atoms with van der Waals surface area (Å²) in [6.45, 7) is 0.816. The Bertz CT molecular complexity index is 640. The molecular formula is C17H18ClNO2. The second-order valence-electron chi connectivity index (χ2n) is 4.68. The van der Waals surface area contributed by atoms with Crippen LogP contribution in [-0.4, -0.2) is 26.5 Å². The first kappa shape index (κ1) is 15.5. The highest BCUT2D eigenvalue weighted by molar-refractivity contribution is 6.31. The monoisotopic (exact) mass is 303 g/mol. The first-order valence-electron chi connectivity index (χ1n) is 6.78. The lowest BCUT2D eigenvalue weighted by atomic mass is 9.96. The van der Waals surface area contributed by atoms with Gasteiger partial charge < -0.3 is 10.1 Å². The van der Waals surface area contributed by atoms with Crippen molar-refractivity contribution in [1.82, 2.24) is 5.32 Å². The highest BCUT2D eigenvalue weighted by Gasteiger charge is 2.17.